The van der Waals surface area contributed by atoms with Crippen LogP contribution < -0.4 is 4.90 Å². The van der Waals surface area contributed by atoms with Crippen molar-refractivity contribution in [2.24, 2.45) is 0 Å². The number of nitrogens with zero attached hydrogens (tertiary/aromatic N) is 6. The number of benzene rings is 3. The molecule has 2 aromatic heterocycles. The first-order valence-corrected chi connectivity index (χ1v) is 13.6. The van der Waals surface area contributed by atoms with E-state index in [0.29, 0.717) is 16.4 Å². The molecule has 0 N–H and O–H groups in total. The molecule has 11 heteroatoms. The number of thioether (sulfide) groups is 1. The molecule has 6 rings (SSSR count). The van der Waals surface area contributed by atoms with Gasteiger partial charge in [-0.25, -0.2) is 4.68 Å². The average Bonchev–Trinajstić information content (AvgIpc) is 3.68. The van der Waals surface area contributed by atoms with Gasteiger partial charge in [-0.15, -0.1) is 22.0 Å². The van der Waals surface area contributed by atoms with Gasteiger partial charge in [0.2, 0.25) is 11.0 Å². The molecule has 1 saturated heterocycles. The van der Waals surface area contributed by atoms with Gasteiger partial charge in [0.05, 0.1) is 22.1 Å². The lowest BCUT2D eigenvalue weighted by Crippen LogP contribution is -2.27. The number of carbonyl (C=O) groups is 1. The molecule has 1 fully saturated rings. The van der Waals surface area contributed by atoms with Gasteiger partial charge in [0.1, 0.15) is 10.4 Å². The molecule has 5 aromatic rings. The standard InChI is InChI=1S/C27H20N6O3S2/c1-17-10-12-18(13-11-17)25-28-29-27(38-25)32-23(34)16-37-26(32)22-15-31(20-7-3-2-4-8-20)30-24(22)19-6-5-9-21(14-19)33(35)36/h2-15,26H,16H2,1H3. The lowest BCUT2D eigenvalue weighted by Gasteiger charge is -2.20. The number of hydrogen-bond donors (Lipinski definition) is 0. The van der Waals surface area contributed by atoms with Crippen molar-refractivity contribution in [3.8, 4) is 27.5 Å². The van der Waals surface area contributed by atoms with Gasteiger partial charge < -0.3 is 0 Å². The number of anilines is 1. The Hall–Kier alpha value is -4.35. The molecule has 0 aliphatic carbocycles. The van der Waals surface area contributed by atoms with Crippen molar-refractivity contribution in [1.29, 1.82) is 0 Å². The Kier molecular flexibility index (Phi) is 6.22. The van der Waals surface area contributed by atoms with E-state index in [1.165, 1.54) is 35.2 Å². The van der Waals surface area contributed by atoms with Crippen LogP contribution in [0.4, 0.5) is 10.8 Å². The van der Waals surface area contributed by atoms with Gasteiger partial charge in [0, 0.05) is 35.0 Å². The second-order valence-electron chi connectivity index (χ2n) is 8.70. The van der Waals surface area contributed by atoms with Crippen molar-refractivity contribution in [1.82, 2.24) is 20.0 Å². The number of non-ortho nitro benzene ring substituents is 1. The summed E-state index contributed by atoms with van der Waals surface area (Å²) in [5.41, 5.74) is 4.82. The predicted octanol–water partition coefficient (Wildman–Crippen LogP) is 6.05. The summed E-state index contributed by atoms with van der Waals surface area (Å²) >= 11 is 2.82. The largest absolute Gasteiger partial charge is 0.273 e. The number of carbonyl (C=O) groups excluding carboxylic acids is 1. The van der Waals surface area contributed by atoms with Crippen molar-refractivity contribution < 1.29 is 9.72 Å². The molecular weight excluding hydrogens is 520 g/mol. The molecule has 3 aromatic carbocycles. The van der Waals surface area contributed by atoms with Gasteiger partial charge in [-0.3, -0.25) is 19.8 Å². The molecule has 3 heterocycles. The summed E-state index contributed by atoms with van der Waals surface area (Å²) in [5.74, 6) is 0.193. The van der Waals surface area contributed by atoms with Crippen LogP contribution in [0.3, 0.4) is 0 Å². The topological polar surface area (TPSA) is 107 Å². The van der Waals surface area contributed by atoms with E-state index in [9.17, 15) is 14.9 Å². The highest BCUT2D eigenvalue weighted by Gasteiger charge is 2.39. The fourth-order valence-corrected chi connectivity index (χ4v) is 6.38. The number of nitro groups is 1. The van der Waals surface area contributed by atoms with Crippen LogP contribution in [-0.2, 0) is 4.79 Å². The first kappa shape index (κ1) is 24.0. The highest BCUT2D eigenvalue weighted by Crippen LogP contribution is 2.46. The fourth-order valence-electron chi connectivity index (χ4n) is 4.26. The molecule has 1 amide bonds. The van der Waals surface area contributed by atoms with E-state index < -0.39 is 10.3 Å². The summed E-state index contributed by atoms with van der Waals surface area (Å²) in [6.07, 6.45) is 1.88. The van der Waals surface area contributed by atoms with Crippen LogP contribution in [0.1, 0.15) is 16.5 Å². The van der Waals surface area contributed by atoms with Gasteiger partial charge in [0.25, 0.3) is 5.69 Å². The van der Waals surface area contributed by atoms with E-state index in [0.717, 1.165) is 27.4 Å². The summed E-state index contributed by atoms with van der Waals surface area (Å²) in [6.45, 7) is 2.02. The molecule has 0 bridgehead atoms. The smallest absolute Gasteiger partial charge is 0.270 e. The minimum absolute atomic E-state index is 0.0263. The molecule has 1 atom stereocenters. The number of rotatable bonds is 6. The number of nitro benzene ring substituents is 1. The Morgan fingerprint density at radius 3 is 2.53 bits per heavy atom. The van der Waals surface area contributed by atoms with Crippen LogP contribution in [0.2, 0.25) is 0 Å². The Bertz CT molecular complexity index is 1650. The minimum Gasteiger partial charge on any atom is -0.273 e. The molecule has 0 spiro atoms. The monoisotopic (exact) mass is 540 g/mol. The van der Waals surface area contributed by atoms with E-state index in [1.807, 2.05) is 67.7 Å². The summed E-state index contributed by atoms with van der Waals surface area (Å²) in [4.78, 5) is 25.9. The van der Waals surface area contributed by atoms with Crippen molar-refractivity contribution in [2.75, 3.05) is 10.7 Å². The van der Waals surface area contributed by atoms with Crippen molar-refractivity contribution in [3.63, 3.8) is 0 Å². The van der Waals surface area contributed by atoms with Crippen LogP contribution in [0.5, 0.6) is 0 Å². The van der Waals surface area contributed by atoms with E-state index in [4.69, 9.17) is 5.10 Å². The number of amides is 1. The first-order chi connectivity index (χ1) is 18.5. The third kappa shape index (κ3) is 4.46. The zero-order valence-corrected chi connectivity index (χ0v) is 21.7. The second kappa shape index (κ2) is 9.84. The first-order valence-electron chi connectivity index (χ1n) is 11.7. The normalized spacial score (nSPS) is 15.2. The van der Waals surface area contributed by atoms with Crippen LogP contribution >= 0.6 is 23.1 Å². The van der Waals surface area contributed by atoms with E-state index in [-0.39, 0.29) is 17.3 Å². The molecule has 1 aliphatic rings. The Balaban J connectivity index is 1.44. The van der Waals surface area contributed by atoms with Crippen molar-refractivity contribution in [3.05, 3.63) is 106 Å². The molecule has 0 saturated carbocycles. The Labute approximate surface area is 225 Å². The lowest BCUT2D eigenvalue weighted by atomic mass is 10.1. The maximum absolute atomic E-state index is 13.1. The van der Waals surface area contributed by atoms with Crippen LogP contribution in [0.25, 0.3) is 27.5 Å². The van der Waals surface area contributed by atoms with E-state index in [2.05, 4.69) is 10.2 Å². The summed E-state index contributed by atoms with van der Waals surface area (Å²) in [5, 5.41) is 25.8. The SMILES string of the molecule is Cc1ccc(-c2nnc(N3C(=O)CSC3c3cn(-c4ccccc4)nc3-c3cccc([N+](=O)[O-])c3)s2)cc1. The maximum Gasteiger partial charge on any atom is 0.270 e. The Morgan fingerprint density at radius 2 is 1.76 bits per heavy atom. The quantitative estimate of drug-likeness (QED) is 0.190. The summed E-state index contributed by atoms with van der Waals surface area (Å²) in [6, 6.07) is 24.0. The van der Waals surface area contributed by atoms with Gasteiger partial charge in [0.15, 0.2) is 0 Å². The lowest BCUT2D eigenvalue weighted by molar-refractivity contribution is -0.384. The Morgan fingerprint density at radius 1 is 0.974 bits per heavy atom. The van der Waals surface area contributed by atoms with Crippen molar-refractivity contribution >= 4 is 39.8 Å². The van der Waals surface area contributed by atoms with Crippen LogP contribution in [0.15, 0.2) is 85.1 Å². The molecule has 1 aliphatic heterocycles. The number of hydrogen-bond acceptors (Lipinski definition) is 8. The van der Waals surface area contributed by atoms with Gasteiger partial charge in [-0.2, -0.15) is 5.10 Å². The fraction of sp³-hybridized carbons (Fsp3) is 0.111. The van der Waals surface area contributed by atoms with E-state index >= 15 is 0 Å². The molecule has 0 radical (unpaired) electrons. The number of aryl methyl sites for hydroxylation is 1. The van der Waals surface area contributed by atoms with Crippen LogP contribution in [0, 0.1) is 17.0 Å². The number of para-hydroxylation sites is 1. The zero-order chi connectivity index (χ0) is 26.2. The second-order valence-corrected chi connectivity index (χ2v) is 10.7. The van der Waals surface area contributed by atoms with Gasteiger partial charge in [-0.1, -0.05) is 71.5 Å². The number of aromatic nitrogens is 4. The van der Waals surface area contributed by atoms with Crippen LogP contribution in [-0.4, -0.2) is 36.6 Å². The minimum atomic E-state index is -0.425. The average molecular weight is 541 g/mol. The third-order valence-corrected chi connectivity index (χ3v) is 8.31. The van der Waals surface area contributed by atoms with Crippen molar-refractivity contribution in [2.45, 2.75) is 12.3 Å². The summed E-state index contributed by atoms with van der Waals surface area (Å²) in [7, 11) is 0. The molecule has 38 heavy (non-hydrogen) atoms. The summed E-state index contributed by atoms with van der Waals surface area (Å²) < 4.78 is 1.74. The van der Waals surface area contributed by atoms with Gasteiger partial charge >= 0.3 is 0 Å². The molecular formula is C27H20N6O3S2. The molecule has 9 nitrogen and oxygen atoms in total. The highest BCUT2D eigenvalue weighted by molar-refractivity contribution is 8.00. The highest BCUT2D eigenvalue weighted by atomic mass is 32.2. The van der Waals surface area contributed by atoms with E-state index in [1.54, 1.807) is 21.7 Å². The molecule has 1 unspecified atom stereocenters. The molecule has 188 valence electrons. The maximum atomic E-state index is 13.1. The van der Waals surface area contributed by atoms with Gasteiger partial charge in [-0.05, 0) is 19.1 Å². The zero-order valence-electron chi connectivity index (χ0n) is 20.1. The third-order valence-electron chi connectivity index (χ3n) is 6.15. The predicted molar refractivity (Wildman–Crippen MR) is 148 cm³/mol.